The predicted octanol–water partition coefficient (Wildman–Crippen LogP) is 0.619. The molecule has 2 aromatic rings. The van der Waals surface area contributed by atoms with Crippen LogP contribution in [-0.2, 0) is 9.53 Å². The van der Waals surface area contributed by atoms with Gasteiger partial charge in [0.2, 0.25) is 5.91 Å². The first-order chi connectivity index (χ1) is 13.6. The van der Waals surface area contributed by atoms with Gasteiger partial charge in [-0.25, -0.2) is 0 Å². The Labute approximate surface area is 165 Å². The fourth-order valence-electron chi connectivity index (χ4n) is 3.92. The molecule has 0 bridgehead atoms. The summed E-state index contributed by atoms with van der Waals surface area (Å²) in [5.74, 6) is 2.43. The van der Waals surface area contributed by atoms with Gasteiger partial charge in [0, 0.05) is 39.6 Å². The lowest BCUT2D eigenvalue weighted by Gasteiger charge is -2.32. The zero-order valence-electron chi connectivity index (χ0n) is 16.8. The molecule has 9 nitrogen and oxygen atoms in total. The third kappa shape index (κ3) is 4.10. The highest BCUT2D eigenvalue weighted by Crippen LogP contribution is 2.27. The van der Waals surface area contributed by atoms with Crippen LogP contribution in [0.3, 0.4) is 0 Å². The van der Waals surface area contributed by atoms with Gasteiger partial charge in [0.05, 0.1) is 19.6 Å². The van der Waals surface area contributed by atoms with Crippen molar-refractivity contribution in [1.82, 2.24) is 29.6 Å². The fourth-order valence-corrected chi connectivity index (χ4v) is 3.92. The molecule has 0 unspecified atom stereocenters. The Morgan fingerprint density at radius 3 is 2.71 bits per heavy atom. The quantitative estimate of drug-likeness (QED) is 0.744. The van der Waals surface area contributed by atoms with Crippen LogP contribution in [0.2, 0.25) is 0 Å². The molecule has 0 N–H and O–H groups in total. The Balaban J connectivity index is 1.34. The summed E-state index contributed by atoms with van der Waals surface area (Å²) in [7, 11) is 3.97. The Morgan fingerprint density at radius 1 is 1.11 bits per heavy atom. The van der Waals surface area contributed by atoms with Crippen LogP contribution in [0.15, 0.2) is 12.1 Å². The van der Waals surface area contributed by atoms with E-state index in [1.54, 1.807) is 0 Å². The van der Waals surface area contributed by atoms with Crippen molar-refractivity contribution < 1.29 is 9.53 Å². The number of anilines is 1. The summed E-state index contributed by atoms with van der Waals surface area (Å²) in [4.78, 5) is 18.5. The minimum absolute atomic E-state index is 0.213. The van der Waals surface area contributed by atoms with Crippen LogP contribution in [0, 0.1) is 0 Å². The van der Waals surface area contributed by atoms with Gasteiger partial charge in [-0.2, -0.15) is 4.52 Å². The summed E-state index contributed by atoms with van der Waals surface area (Å²) < 4.78 is 7.29. The highest BCUT2D eigenvalue weighted by molar-refractivity contribution is 5.76. The molecule has 0 aromatic carbocycles. The van der Waals surface area contributed by atoms with Crippen LogP contribution < -0.4 is 4.90 Å². The summed E-state index contributed by atoms with van der Waals surface area (Å²) in [6.45, 7) is 5.63. The van der Waals surface area contributed by atoms with Crippen LogP contribution in [0.25, 0.3) is 5.65 Å². The predicted molar refractivity (Wildman–Crippen MR) is 106 cm³/mol. The molecule has 9 heteroatoms. The van der Waals surface area contributed by atoms with Gasteiger partial charge in [0.15, 0.2) is 11.5 Å². The fraction of sp³-hybridized carbons (Fsp3) is 0.684. The molecule has 2 saturated heterocycles. The average Bonchev–Trinajstić information content (AvgIpc) is 3.02. The molecular formula is C19H29N7O2. The van der Waals surface area contributed by atoms with Gasteiger partial charge in [-0.3, -0.25) is 4.79 Å². The highest BCUT2D eigenvalue weighted by atomic mass is 16.5. The number of ether oxygens (including phenoxy) is 1. The maximum atomic E-state index is 12.1. The second-order valence-corrected chi connectivity index (χ2v) is 7.77. The first-order valence-electron chi connectivity index (χ1n) is 10.1. The third-order valence-electron chi connectivity index (χ3n) is 5.69. The summed E-state index contributed by atoms with van der Waals surface area (Å²) in [6.07, 6.45) is 2.57. The van der Waals surface area contributed by atoms with Crippen LogP contribution in [0.4, 0.5) is 5.82 Å². The monoisotopic (exact) mass is 387 g/mol. The van der Waals surface area contributed by atoms with Crippen molar-refractivity contribution in [3.63, 3.8) is 0 Å². The normalized spacial score (nSPS) is 19.9. The largest absolute Gasteiger partial charge is 0.379 e. The number of aromatic nitrogens is 4. The first-order valence-corrected chi connectivity index (χ1v) is 10.1. The van der Waals surface area contributed by atoms with Gasteiger partial charge < -0.3 is 19.4 Å². The maximum Gasteiger partial charge on any atom is 0.225 e. The number of fused-ring (bicyclic) bond motifs is 1. The lowest BCUT2D eigenvalue weighted by molar-refractivity contribution is -0.130. The van der Waals surface area contributed by atoms with E-state index in [1.165, 1.54) is 0 Å². The minimum Gasteiger partial charge on any atom is -0.379 e. The van der Waals surface area contributed by atoms with E-state index in [-0.39, 0.29) is 5.91 Å². The first kappa shape index (κ1) is 19.1. The number of amides is 1. The van der Waals surface area contributed by atoms with Crippen LogP contribution in [0.1, 0.15) is 31.0 Å². The van der Waals surface area contributed by atoms with Gasteiger partial charge >= 0.3 is 0 Å². The number of hydrogen-bond donors (Lipinski definition) is 0. The molecule has 0 radical (unpaired) electrons. The molecular weight excluding hydrogens is 358 g/mol. The second kappa shape index (κ2) is 8.40. The average molecular weight is 387 g/mol. The van der Waals surface area contributed by atoms with Crippen LogP contribution in [-0.4, -0.2) is 95.6 Å². The van der Waals surface area contributed by atoms with E-state index in [4.69, 9.17) is 9.84 Å². The van der Waals surface area contributed by atoms with Crippen molar-refractivity contribution in [1.29, 1.82) is 0 Å². The molecule has 152 valence electrons. The zero-order valence-corrected chi connectivity index (χ0v) is 16.8. The van der Waals surface area contributed by atoms with Crippen LogP contribution in [0.5, 0.6) is 0 Å². The maximum absolute atomic E-state index is 12.1. The second-order valence-electron chi connectivity index (χ2n) is 7.77. The molecule has 0 atom stereocenters. The van der Waals surface area contributed by atoms with Gasteiger partial charge in [-0.05, 0) is 38.1 Å². The number of likely N-dealkylation sites (tertiary alicyclic amines) is 1. The Morgan fingerprint density at radius 2 is 1.93 bits per heavy atom. The van der Waals surface area contributed by atoms with Gasteiger partial charge in [-0.15, -0.1) is 15.3 Å². The number of carbonyl (C=O) groups excluding carboxylic acids is 1. The number of nitrogens with zero attached hydrogens (tertiary/aromatic N) is 7. The Hall–Kier alpha value is -2.26. The molecule has 2 aliphatic rings. The van der Waals surface area contributed by atoms with E-state index >= 15 is 0 Å². The molecule has 2 aliphatic heterocycles. The Bertz CT molecular complexity index is 814. The number of piperidine rings is 1. The summed E-state index contributed by atoms with van der Waals surface area (Å²) in [6, 6.07) is 3.93. The van der Waals surface area contributed by atoms with Crippen molar-refractivity contribution in [3.8, 4) is 0 Å². The SMILES string of the molecule is CN(C)c1ccc2nnc(C3CCN(CCN4CCOCCC4=O)CC3)n2n1. The molecule has 4 heterocycles. The minimum atomic E-state index is 0.213. The van der Waals surface area contributed by atoms with E-state index in [0.29, 0.717) is 32.1 Å². The van der Waals surface area contributed by atoms with Crippen LogP contribution >= 0.6 is 0 Å². The van der Waals surface area contributed by atoms with Crippen molar-refractivity contribution in [3.05, 3.63) is 18.0 Å². The molecule has 2 fully saturated rings. The van der Waals surface area contributed by atoms with E-state index < -0.39 is 0 Å². The van der Waals surface area contributed by atoms with Crippen molar-refractivity contribution in [2.24, 2.45) is 0 Å². The van der Waals surface area contributed by atoms with Crippen molar-refractivity contribution in [2.75, 3.05) is 64.9 Å². The van der Waals surface area contributed by atoms with Crippen molar-refractivity contribution >= 4 is 17.4 Å². The van der Waals surface area contributed by atoms with E-state index in [9.17, 15) is 4.79 Å². The van der Waals surface area contributed by atoms with Gasteiger partial charge in [-0.1, -0.05) is 0 Å². The number of carbonyl (C=O) groups is 1. The van der Waals surface area contributed by atoms with E-state index in [2.05, 4.69) is 15.1 Å². The van der Waals surface area contributed by atoms with Crippen molar-refractivity contribution in [2.45, 2.75) is 25.2 Å². The summed E-state index contributed by atoms with van der Waals surface area (Å²) in [5, 5.41) is 13.4. The number of hydrogen-bond acceptors (Lipinski definition) is 7. The zero-order chi connectivity index (χ0) is 19.5. The summed E-state index contributed by atoms with van der Waals surface area (Å²) in [5.41, 5.74) is 0.796. The van der Waals surface area contributed by atoms with E-state index in [1.807, 2.05) is 40.5 Å². The highest BCUT2D eigenvalue weighted by Gasteiger charge is 2.26. The Kier molecular flexibility index (Phi) is 5.72. The van der Waals surface area contributed by atoms with Gasteiger partial charge in [0.1, 0.15) is 5.82 Å². The molecule has 4 rings (SSSR count). The molecule has 28 heavy (non-hydrogen) atoms. The molecule has 2 aromatic heterocycles. The summed E-state index contributed by atoms with van der Waals surface area (Å²) >= 11 is 0. The lowest BCUT2D eigenvalue weighted by atomic mass is 9.96. The number of rotatable bonds is 5. The molecule has 0 spiro atoms. The lowest BCUT2D eigenvalue weighted by Crippen LogP contribution is -2.42. The molecule has 0 aliphatic carbocycles. The third-order valence-corrected chi connectivity index (χ3v) is 5.69. The smallest absolute Gasteiger partial charge is 0.225 e. The van der Waals surface area contributed by atoms with Gasteiger partial charge in [0.25, 0.3) is 0 Å². The molecule has 1 amide bonds. The standard InChI is InChI=1S/C19H29N7O2/c1-23(2)17-4-3-16-20-21-19(26(16)22-17)15-5-8-24(9-6-15)10-11-25-12-14-28-13-7-18(25)27/h3-4,15H,5-14H2,1-2H3. The van der Waals surface area contributed by atoms with E-state index in [0.717, 1.165) is 56.3 Å². The topological polar surface area (TPSA) is 79.1 Å². The molecule has 0 saturated carbocycles.